The summed E-state index contributed by atoms with van der Waals surface area (Å²) in [6.07, 6.45) is 3.50. The van der Waals surface area contributed by atoms with Gasteiger partial charge in [-0.3, -0.25) is 4.90 Å². The Morgan fingerprint density at radius 3 is 2.68 bits per heavy atom. The second-order valence-electron chi connectivity index (χ2n) is 7.32. The van der Waals surface area contributed by atoms with Crippen LogP contribution in [0.3, 0.4) is 0 Å². The van der Waals surface area contributed by atoms with Crippen molar-refractivity contribution in [2.75, 3.05) is 38.2 Å². The largest absolute Gasteiger partial charge is 0.497 e. The monoisotopic (exact) mass is 341 g/mol. The van der Waals surface area contributed by atoms with Gasteiger partial charge in [-0.25, -0.2) is 4.98 Å². The number of aryl methyl sites for hydroxylation is 1. The van der Waals surface area contributed by atoms with E-state index < -0.39 is 0 Å². The summed E-state index contributed by atoms with van der Waals surface area (Å²) in [5.41, 5.74) is 2.16. The number of aliphatic hydroxyl groups is 1. The zero-order valence-electron chi connectivity index (χ0n) is 15.1. The van der Waals surface area contributed by atoms with Gasteiger partial charge in [0.25, 0.3) is 0 Å². The fourth-order valence-corrected chi connectivity index (χ4v) is 4.22. The first kappa shape index (κ1) is 16.6. The summed E-state index contributed by atoms with van der Waals surface area (Å²) in [6.45, 7) is 5.84. The van der Waals surface area contributed by atoms with Gasteiger partial charge in [-0.1, -0.05) is 6.42 Å². The smallest absolute Gasteiger partial charge is 0.129 e. The van der Waals surface area contributed by atoms with E-state index in [1.165, 1.54) is 24.8 Å². The van der Waals surface area contributed by atoms with Crippen LogP contribution in [-0.4, -0.2) is 60.4 Å². The standard InChI is InChI=1S/C20H27N3O2/c1-14-10-20(21-17-11-15(25-2)6-7-16(14)17)23-12-18(19(24)13-23)22-8-4-3-5-9-22/h6-7,10-11,18-19,24H,3-5,8-9,12-13H2,1-2H3/t18-,19-/m0/s1. The summed E-state index contributed by atoms with van der Waals surface area (Å²) < 4.78 is 5.34. The summed E-state index contributed by atoms with van der Waals surface area (Å²) in [5, 5.41) is 11.8. The van der Waals surface area contributed by atoms with E-state index in [1.54, 1.807) is 7.11 Å². The minimum absolute atomic E-state index is 0.225. The fraction of sp³-hybridized carbons (Fsp3) is 0.550. The van der Waals surface area contributed by atoms with Gasteiger partial charge in [-0.05, 0) is 56.6 Å². The molecule has 4 rings (SSSR count). The highest BCUT2D eigenvalue weighted by Gasteiger charge is 2.36. The summed E-state index contributed by atoms with van der Waals surface area (Å²) in [4.78, 5) is 9.55. The number of aromatic nitrogens is 1. The number of rotatable bonds is 3. The van der Waals surface area contributed by atoms with Crippen molar-refractivity contribution < 1.29 is 9.84 Å². The Labute approximate surface area is 149 Å². The van der Waals surface area contributed by atoms with Gasteiger partial charge < -0.3 is 14.7 Å². The lowest BCUT2D eigenvalue weighted by Gasteiger charge is -2.33. The van der Waals surface area contributed by atoms with E-state index in [0.29, 0.717) is 6.54 Å². The van der Waals surface area contributed by atoms with Crippen molar-refractivity contribution in [3.8, 4) is 5.75 Å². The molecule has 0 spiro atoms. The first-order valence-corrected chi connectivity index (χ1v) is 9.28. The lowest BCUT2D eigenvalue weighted by atomic mass is 10.1. The number of piperidine rings is 1. The first-order chi connectivity index (χ1) is 12.2. The van der Waals surface area contributed by atoms with E-state index in [1.807, 2.05) is 12.1 Å². The summed E-state index contributed by atoms with van der Waals surface area (Å²) >= 11 is 0. The molecule has 1 N–H and O–H groups in total. The van der Waals surface area contributed by atoms with Crippen LogP contribution in [0.15, 0.2) is 24.3 Å². The molecule has 2 aliphatic heterocycles. The Bertz CT molecular complexity index is 758. The molecular formula is C20H27N3O2. The molecule has 3 heterocycles. The number of pyridine rings is 1. The average Bonchev–Trinajstić information content (AvgIpc) is 3.03. The predicted molar refractivity (Wildman–Crippen MR) is 100 cm³/mol. The third-order valence-corrected chi connectivity index (χ3v) is 5.65. The molecule has 0 radical (unpaired) electrons. The average molecular weight is 341 g/mol. The number of fused-ring (bicyclic) bond motifs is 1. The highest BCUT2D eigenvalue weighted by molar-refractivity contribution is 5.85. The van der Waals surface area contributed by atoms with Crippen LogP contribution in [0, 0.1) is 6.92 Å². The van der Waals surface area contributed by atoms with Crippen LogP contribution in [0.5, 0.6) is 5.75 Å². The normalized spacial score (nSPS) is 24.8. The molecule has 2 fully saturated rings. The molecule has 0 aliphatic carbocycles. The molecule has 0 amide bonds. The molecule has 0 saturated carbocycles. The number of anilines is 1. The highest BCUT2D eigenvalue weighted by Crippen LogP contribution is 2.29. The molecule has 1 aromatic carbocycles. The number of hydrogen-bond donors (Lipinski definition) is 1. The van der Waals surface area contributed by atoms with E-state index >= 15 is 0 Å². The molecule has 0 bridgehead atoms. The van der Waals surface area contributed by atoms with E-state index in [0.717, 1.165) is 42.1 Å². The summed E-state index contributed by atoms with van der Waals surface area (Å²) in [5.74, 6) is 1.78. The molecule has 25 heavy (non-hydrogen) atoms. The molecule has 0 unspecified atom stereocenters. The maximum atomic E-state index is 10.6. The van der Waals surface area contributed by atoms with Crippen molar-refractivity contribution >= 4 is 16.7 Å². The number of ether oxygens (including phenoxy) is 1. The van der Waals surface area contributed by atoms with Gasteiger partial charge in [-0.15, -0.1) is 0 Å². The molecule has 2 aliphatic rings. The number of β-amino-alcohol motifs (C(OH)–C–C–N with tert-alkyl or cyclic N) is 1. The van der Waals surface area contributed by atoms with Crippen molar-refractivity contribution in [1.29, 1.82) is 0 Å². The molecule has 134 valence electrons. The third kappa shape index (κ3) is 3.18. The third-order valence-electron chi connectivity index (χ3n) is 5.65. The molecule has 5 heteroatoms. The van der Waals surface area contributed by atoms with Crippen LogP contribution in [0.2, 0.25) is 0 Å². The molecular weight excluding hydrogens is 314 g/mol. The van der Waals surface area contributed by atoms with Crippen LogP contribution < -0.4 is 9.64 Å². The Morgan fingerprint density at radius 2 is 1.92 bits per heavy atom. The molecule has 2 atom stereocenters. The van der Waals surface area contributed by atoms with Crippen molar-refractivity contribution in [3.05, 3.63) is 29.8 Å². The topological polar surface area (TPSA) is 48.8 Å². The summed E-state index contributed by atoms with van der Waals surface area (Å²) in [6, 6.07) is 8.39. The summed E-state index contributed by atoms with van der Waals surface area (Å²) in [7, 11) is 1.68. The number of aliphatic hydroxyl groups excluding tert-OH is 1. The number of methoxy groups -OCH3 is 1. The van der Waals surface area contributed by atoms with Crippen molar-refractivity contribution in [3.63, 3.8) is 0 Å². The van der Waals surface area contributed by atoms with Gasteiger partial charge in [-0.2, -0.15) is 0 Å². The lowest BCUT2D eigenvalue weighted by molar-refractivity contribution is 0.0706. The van der Waals surface area contributed by atoms with Crippen molar-refractivity contribution in [1.82, 2.24) is 9.88 Å². The molecule has 5 nitrogen and oxygen atoms in total. The Morgan fingerprint density at radius 1 is 1.12 bits per heavy atom. The zero-order chi connectivity index (χ0) is 17.4. The van der Waals surface area contributed by atoms with Gasteiger partial charge in [0.1, 0.15) is 11.6 Å². The second kappa shape index (κ2) is 6.81. The Balaban J connectivity index is 1.61. The molecule has 2 aromatic rings. The van der Waals surface area contributed by atoms with Crippen molar-refractivity contribution in [2.45, 2.75) is 38.3 Å². The van der Waals surface area contributed by atoms with E-state index in [2.05, 4.69) is 28.9 Å². The zero-order valence-corrected chi connectivity index (χ0v) is 15.1. The molecule has 1 aromatic heterocycles. The van der Waals surface area contributed by atoms with Crippen LogP contribution in [0.4, 0.5) is 5.82 Å². The van der Waals surface area contributed by atoms with Gasteiger partial charge >= 0.3 is 0 Å². The van der Waals surface area contributed by atoms with Crippen LogP contribution in [-0.2, 0) is 0 Å². The first-order valence-electron chi connectivity index (χ1n) is 9.28. The second-order valence-corrected chi connectivity index (χ2v) is 7.32. The van der Waals surface area contributed by atoms with Gasteiger partial charge in [0.05, 0.1) is 24.8 Å². The van der Waals surface area contributed by atoms with Crippen molar-refractivity contribution in [2.24, 2.45) is 0 Å². The fourth-order valence-electron chi connectivity index (χ4n) is 4.22. The lowest BCUT2D eigenvalue weighted by Crippen LogP contribution is -2.45. The van der Waals surface area contributed by atoms with E-state index in [4.69, 9.17) is 9.72 Å². The van der Waals surface area contributed by atoms with Gasteiger partial charge in [0, 0.05) is 24.5 Å². The molecule has 2 saturated heterocycles. The maximum absolute atomic E-state index is 10.6. The number of hydrogen-bond acceptors (Lipinski definition) is 5. The Kier molecular flexibility index (Phi) is 4.52. The van der Waals surface area contributed by atoms with Crippen LogP contribution in [0.25, 0.3) is 10.9 Å². The predicted octanol–water partition coefficient (Wildman–Crippen LogP) is 2.59. The quantitative estimate of drug-likeness (QED) is 0.930. The van der Waals surface area contributed by atoms with Crippen LogP contribution >= 0.6 is 0 Å². The number of benzene rings is 1. The van der Waals surface area contributed by atoms with E-state index in [9.17, 15) is 5.11 Å². The minimum atomic E-state index is -0.304. The maximum Gasteiger partial charge on any atom is 0.129 e. The Hall–Kier alpha value is -1.85. The highest BCUT2D eigenvalue weighted by atomic mass is 16.5. The minimum Gasteiger partial charge on any atom is -0.497 e. The van der Waals surface area contributed by atoms with Gasteiger partial charge in [0.2, 0.25) is 0 Å². The van der Waals surface area contributed by atoms with E-state index in [-0.39, 0.29) is 12.1 Å². The van der Waals surface area contributed by atoms with Gasteiger partial charge in [0.15, 0.2) is 0 Å². The number of likely N-dealkylation sites (tertiary alicyclic amines) is 1. The number of nitrogens with zero attached hydrogens (tertiary/aromatic N) is 3. The van der Waals surface area contributed by atoms with Crippen LogP contribution in [0.1, 0.15) is 24.8 Å². The SMILES string of the molecule is COc1ccc2c(C)cc(N3C[C@H](O)[C@@H](N4CCCCC4)C3)nc2c1.